The second-order valence-corrected chi connectivity index (χ2v) is 9.09. The number of anilines is 1. The molecule has 0 spiro atoms. The predicted molar refractivity (Wildman–Crippen MR) is 120 cm³/mol. The van der Waals surface area contributed by atoms with Gasteiger partial charge in [-0.05, 0) is 34.9 Å². The molecular formula is C25H24F4N2O3. The topological polar surface area (TPSA) is 70.6 Å². The fourth-order valence-corrected chi connectivity index (χ4v) is 4.92. The predicted octanol–water partition coefficient (Wildman–Crippen LogP) is 5.83. The summed E-state index contributed by atoms with van der Waals surface area (Å²) >= 11 is 0. The van der Waals surface area contributed by atoms with Crippen LogP contribution in [0.1, 0.15) is 37.4 Å². The molecule has 0 aromatic heterocycles. The first kappa shape index (κ1) is 23.8. The molecule has 2 atom stereocenters. The van der Waals surface area contributed by atoms with Crippen molar-refractivity contribution in [1.29, 1.82) is 0 Å². The van der Waals surface area contributed by atoms with E-state index in [0.29, 0.717) is 11.1 Å². The molecule has 5 nitrogen and oxygen atoms in total. The molecule has 34 heavy (non-hydrogen) atoms. The van der Waals surface area contributed by atoms with Gasteiger partial charge in [-0.1, -0.05) is 56.3 Å². The molecule has 0 unspecified atom stereocenters. The molecule has 0 saturated heterocycles. The fraction of sp³-hybridized carbons (Fsp3) is 0.320. The molecule has 3 aromatic rings. The summed E-state index contributed by atoms with van der Waals surface area (Å²) in [6, 6.07) is 11.6. The van der Waals surface area contributed by atoms with E-state index in [4.69, 9.17) is 4.74 Å². The third-order valence-corrected chi connectivity index (χ3v) is 6.33. The maximum atomic E-state index is 14.5. The summed E-state index contributed by atoms with van der Waals surface area (Å²) in [4.78, 5) is 12.9. The summed E-state index contributed by atoms with van der Waals surface area (Å²) < 4.78 is 62.3. The van der Waals surface area contributed by atoms with Crippen LogP contribution in [-0.2, 0) is 5.41 Å². The first-order valence-electron chi connectivity index (χ1n) is 10.6. The van der Waals surface area contributed by atoms with Gasteiger partial charge in [-0.25, -0.2) is 9.18 Å². The molecule has 1 aliphatic carbocycles. The first-order chi connectivity index (χ1) is 15.9. The largest absolute Gasteiger partial charge is 0.493 e. The van der Waals surface area contributed by atoms with Crippen LogP contribution in [0.5, 0.6) is 5.75 Å². The number of hydrogen-bond acceptors (Lipinski definition) is 3. The molecule has 0 bridgehead atoms. The average Bonchev–Trinajstić information content (AvgIpc) is 2.76. The minimum atomic E-state index is -5.08. The molecule has 0 fully saturated rings. The number of alkyl halides is 3. The zero-order valence-electron chi connectivity index (χ0n) is 18.8. The Balaban J connectivity index is 1.78. The van der Waals surface area contributed by atoms with E-state index in [0.717, 1.165) is 17.5 Å². The van der Waals surface area contributed by atoms with Gasteiger partial charge >= 0.3 is 12.2 Å². The van der Waals surface area contributed by atoms with Gasteiger partial charge in [-0.3, -0.25) is 0 Å². The Morgan fingerprint density at radius 3 is 2.44 bits per heavy atom. The zero-order valence-corrected chi connectivity index (χ0v) is 18.8. The first-order valence-corrected chi connectivity index (χ1v) is 10.6. The highest BCUT2D eigenvalue weighted by atomic mass is 19.4. The highest BCUT2D eigenvalue weighted by Gasteiger charge is 2.64. The van der Waals surface area contributed by atoms with Crippen LogP contribution < -0.4 is 15.4 Å². The van der Waals surface area contributed by atoms with Crippen molar-refractivity contribution in [2.75, 3.05) is 12.4 Å². The lowest BCUT2D eigenvalue weighted by atomic mass is 9.63. The SMILES string of the molecule is COc1c(F)ccc2c1C(C)(C)C[C@@](O)(C(F)(F)F)[C@@H]2NC(=O)Nc1cccc2ccccc12. The number of methoxy groups -OCH3 is 1. The molecule has 0 heterocycles. The third kappa shape index (κ3) is 3.83. The van der Waals surface area contributed by atoms with Crippen molar-refractivity contribution in [3.63, 3.8) is 0 Å². The number of amides is 2. The summed E-state index contributed by atoms with van der Waals surface area (Å²) in [6.45, 7) is 2.94. The Hall–Kier alpha value is -3.33. The molecule has 9 heteroatoms. The quantitative estimate of drug-likeness (QED) is 0.417. The number of aliphatic hydroxyl groups is 1. The maximum absolute atomic E-state index is 14.5. The van der Waals surface area contributed by atoms with E-state index in [-0.39, 0.29) is 16.9 Å². The van der Waals surface area contributed by atoms with Crippen molar-refractivity contribution in [1.82, 2.24) is 5.32 Å². The summed E-state index contributed by atoms with van der Waals surface area (Å²) in [5.74, 6) is -0.960. The molecule has 3 N–H and O–H groups in total. The van der Waals surface area contributed by atoms with E-state index in [1.807, 2.05) is 18.2 Å². The van der Waals surface area contributed by atoms with Crippen LogP contribution in [0, 0.1) is 5.82 Å². The normalized spacial score (nSPS) is 21.6. The summed E-state index contributed by atoms with van der Waals surface area (Å²) in [5, 5.41) is 17.4. The molecule has 0 aliphatic heterocycles. The molecule has 2 amide bonds. The highest BCUT2D eigenvalue weighted by molar-refractivity contribution is 6.01. The van der Waals surface area contributed by atoms with E-state index in [1.165, 1.54) is 21.0 Å². The van der Waals surface area contributed by atoms with Gasteiger partial charge in [-0.2, -0.15) is 13.2 Å². The van der Waals surface area contributed by atoms with Crippen molar-refractivity contribution in [2.24, 2.45) is 0 Å². The van der Waals surface area contributed by atoms with Crippen molar-refractivity contribution in [2.45, 2.75) is 43.5 Å². The number of urea groups is 1. The molecule has 1 aliphatic rings. The number of hydrogen-bond donors (Lipinski definition) is 3. The van der Waals surface area contributed by atoms with Gasteiger partial charge in [0.1, 0.15) is 0 Å². The van der Waals surface area contributed by atoms with Crippen molar-refractivity contribution < 1.29 is 32.2 Å². The van der Waals surface area contributed by atoms with Gasteiger partial charge in [0.2, 0.25) is 0 Å². The lowest BCUT2D eigenvalue weighted by Crippen LogP contribution is -2.61. The summed E-state index contributed by atoms with van der Waals surface area (Å²) in [6.07, 6.45) is -5.89. The Morgan fingerprint density at radius 1 is 1.09 bits per heavy atom. The van der Waals surface area contributed by atoms with Crippen molar-refractivity contribution in [3.05, 3.63) is 71.5 Å². The molecular weight excluding hydrogens is 452 g/mol. The van der Waals surface area contributed by atoms with Gasteiger partial charge in [0.25, 0.3) is 0 Å². The Labute approximate surface area is 193 Å². The number of ether oxygens (including phenoxy) is 1. The minimum Gasteiger partial charge on any atom is -0.493 e. The average molecular weight is 476 g/mol. The van der Waals surface area contributed by atoms with Gasteiger partial charge in [-0.15, -0.1) is 0 Å². The Morgan fingerprint density at radius 2 is 1.76 bits per heavy atom. The van der Waals surface area contributed by atoms with E-state index in [9.17, 15) is 27.5 Å². The van der Waals surface area contributed by atoms with Crippen molar-refractivity contribution in [3.8, 4) is 5.75 Å². The molecule has 0 saturated carbocycles. The monoisotopic (exact) mass is 476 g/mol. The van der Waals surface area contributed by atoms with E-state index >= 15 is 0 Å². The number of benzene rings is 3. The highest BCUT2D eigenvalue weighted by Crippen LogP contribution is 2.55. The number of carbonyl (C=O) groups excluding carboxylic acids is 1. The molecule has 3 aromatic carbocycles. The van der Waals surface area contributed by atoms with Crippen LogP contribution in [-0.4, -0.2) is 30.0 Å². The van der Waals surface area contributed by atoms with Crippen molar-refractivity contribution >= 4 is 22.5 Å². The molecule has 4 rings (SSSR count). The van der Waals surface area contributed by atoms with Gasteiger partial charge in [0, 0.05) is 10.9 Å². The minimum absolute atomic E-state index is 0.0672. The zero-order chi connectivity index (χ0) is 24.9. The van der Waals surface area contributed by atoms with Crippen LogP contribution >= 0.6 is 0 Å². The number of rotatable bonds is 3. The second-order valence-electron chi connectivity index (χ2n) is 9.09. The van der Waals surface area contributed by atoms with Crippen LogP contribution in [0.25, 0.3) is 10.8 Å². The summed E-state index contributed by atoms with van der Waals surface area (Å²) in [5.41, 5.74) is -4.12. The maximum Gasteiger partial charge on any atom is 0.419 e. The molecule has 180 valence electrons. The fourth-order valence-electron chi connectivity index (χ4n) is 4.92. The number of halogens is 4. The van der Waals surface area contributed by atoms with Crippen LogP contribution in [0.15, 0.2) is 54.6 Å². The third-order valence-electron chi connectivity index (χ3n) is 6.33. The van der Waals surface area contributed by atoms with E-state index in [2.05, 4.69) is 10.6 Å². The molecule has 0 radical (unpaired) electrons. The van der Waals surface area contributed by atoms with E-state index in [1.54, 1.807) is 24.3 Å². The van der Waals surface area contributed by atoms with Crippen LogP contribution in [0.2, 0.25) is 0 Å². The van der Waals surface area contributed by atoms with Gasteiger partial charge in [0.05, 0.1) is 18.8 Å². The van der Waals surface area contributed by atoms with Crippen LogP contribution in [0.4, 0.5) is 28.0 Å². The lowest BCUT2D eigenvalue weighted by molar-refractivity contribution is -0.280. The summed E-state index contributed by atoms with van der Waals surface area (Å²) in [7, 11) is 1.22. The van der Waals surface area contributed by atoms with Crippen LogP contribution in [0.3, 0.4) is 0 Å². The van der Waals surface area contributed by atoms with E-state index < -0.39 is 41.5 Å². The van der Waals surface area contributed by atoms with Gasteiger partial charge < -0.3 is 20.5 Å². The standard InChI is InChI=1S/C25H24F4N2O3/c1-23(2)13-24(33,25(27,28)29)21(16-11-12-17(26)20(34-3)19(16)23)31-22(32)30-18-10-6-8-14-7-4-5-9-15(14)18/h4-12,21,33H,13H2,1-3H3,(H2,30,31,32)/t21-,24+/m1/s1. The number of fused-ring (bicyclic) bond motifs is 2. The van der Waals surface area contributed by atoms with Gasteiger partial charge in [0.15, 0.2) is 17.2 Å². The number of nitrogens with one attached hydrogen (secondary N) is 2. The number of carbonyl (C=O) groups is 1. The lowest BCUT2D eigenvalue weighted by Gasteiger charge is -2.48. The smallest absolute Gasteiger partial charge is 0.419 e. The Bertz CT molecular complexity index is 1250. The second kappa shape index (κ2) is 8.16. The Kier molecular flexibility index (Phi) is 5.72.